The van der Waals surface area contributed by atoms with Crippen LogP contribution >= 0.6 is 0 Å². The SMILES string of the molecule is CNC(=O)Cn1cc(N[C@H](C)[C@@H]2CCC(C)=C(C)C2)cn1. The van der Waals surface area contributed by atoms with Crippen LogP contribution in [0.1, 0.15) is 40.0 Å². The minimum absolute atomic E-state index is 0.0405. The number of allylic oxidation sites excluding steroid dienone is 2. The molecule has 1 aromatic rings. The maximum absolute atomic E-state index is 11.3. The fourth-order valence-corrected chi connectivity index (χ4v) is 2.84. The summed E-state index contributed by atoms with van der Waals surface area (Å²) in [7, 11) is 1.63. The van der Waals surface area contributed by atoms with E-state index in [1.165, 1.54) is 24.8 Å². The Bertz CT molecular complexity index is 532. The van der Waals surface area contributed by atoms with Gasteiger partial charge in [-0.25, -0.2) is 0 Å². The number of carbonyl (C=O) groups is 1. The van der Waals surface area contributed by atoms with Gasteiger partial charge < -0.3 is 10.6 Å². The third-order valence-corrected chi connectivity index (χ3v) is 4.51. The zero-order valence-corrected chi connectivity index (χ0v) is 13.4. The molecule has 5 nitrogen and oxygen atoms in total. The second-order valence-corrected chi connectivity index (χ2v) is 6.10. The number of nitrogens with zero attached hydrogens (tertiary/aromatic N) is 2. The van der Waals surface area contributed by atoms with E-state index in [4.69, 9.17) is 0 Å². The van der Waals surface area contributed by atoms with Crippen molar-refractivity contribution in [1.29, 1.82) is 0 Å². The van der Waals surface area contributed by atoms with E-state index >= 15 is 0 Å². The van der Waals surface area contributed by atoms with E-state index in [9.17, 15) is 4.79 Å². The molecule has 1 aromatic heterocycles. The van der Waals surface area contributed by atoms with Gasteiger partial charge in [0.05, 0.1) is 11.9 Å². The number of aromatic nitrogens is 2. The molecule has 21 heavy (non-hydrogen) atoms. The van der Waals surface area contributed by atoms with E-state index in [1.807, 2.05) is 6.20 Å². The minimum Gasteiger partial charge on any atom is -0.380 e. The summed E-state index contributed by atoms with van der Waals surface area (Å²) in [6.45, 7) is 6.98. The summed E-state index contributed by atoms with van der Waals surface area (Å²) >= 11 is 0. The van der Waals surface area contributed by atoms with Crippen molar-refractivity contribution in [2.45, 2.75) is 52.6 Å². The number of carbonyl (C=O) groups excluding carboxylic acids is 1. The van der Waals surface area contributed by atoms with Crippen LogP contribution in [0.15, 0.2) is 23.5 Å². The lowest BCUT2D eigenvalue weighted by Crippen LogP contribution is -2.28. The van der Waals surface area contributed by atoms with Gasteiger partial charge in [-0.05, 0) is 46.0 Å². The van der Waals surface area contributed by atoms with Crippen molar-refractivity contribution in [3.8, 4) is 0 Å². The van der Waals surface area contributed by atoms with Gasteiger partial charge in [-0.15, -0.1) is 0 Å². The number of amides is 1. The van der Waals surface area contributed by atoms with E-state index in [1.54, 1.807) is 23.5 Å². The summed E-state index contributed by atoms with van der Waals surface area (Å²) in [6.07, 6.45) is 7.30. The number of nitrogens with one attached hydrogen (secondary N) is 2. The number of anilines is 1. The van der Waals surface area contributed by atoms with Crippen molar-refractivity contribution in [1.82, 2.24) is 15.1 Å². The normalized spacial score (nSPS) is 20.3. The Morgan fingerprint density at radius 3 is 2.90 bits per heavy atom. The predicted octanol–water partition coefficient (Wildman–Crippen LogP) is 2.57. The number of hydrogen-bond donors (Lipinski definition) is 2. The summed E-state index contributed by atoms with van der Waals surface area (Å²) in [4.78, 5) is 11.3. The zero-order chi connectivity index (χ0) is 15.4. The molecule has 2 N–H and O–H groups in total. The van der Waals surface area contributed by atoms with Crippen LogP contribution < -0.4 is 10.6 Å². The quantitative estimate of drug-likeness (QED) is 0.819. The fraction of sp³-hybridized carbons (Fsp3) is 0.625. The van der Waals surface area contributed by atoms with Crippen LogP contribution in [0.5, 0.6) is 0 Å². The topological polar surface area (TPSA) is 59.0 Å². The summed E-state index contributed by atoms with van der Waals surface area (Å²) in [5.74, 6) is 0.622. The average molecular weight is 290 g/mol. The molecule has 5 heteroatoms. The lowest BCUT2D eigenvalue weighted by Gasteiger charge is -2.30. The first-order chi connectivity index (χ1) is 9.99. The highest BCUT2D eigenvalue weighted by molar-refractivity contribution is 5.75. The Morgan fingerprint density at radius 2 is 2.24 bits per heavy atom. The van der Waals surface area contributed by atoms with Crippen molar-refractivity contribution in [3.05, 3.63) is 23.5 Å². The monoisotopic (exact) mass is 290 g/mol. The summed E-state index contributed by atoms with van der Waals surface area (Å²) in [5, 5.41) is 10.3. The van der Waals surface area contributed by atoms with Crippen LogP contribution in [0, 0.1) is 5.92 Å². The van der Waals surface area contributed by atoms with Gasteiger partial charge in [0.15, 0.2) is 0 Å². The molecule has 2 atom stereocenters. The van der Waals surface area contributed by atoms with Crippen molar-refractivity contribution in [3.63, 3.8) is 0 Å². The van der Waals surface area contributed by atoms with Gasteiger partial charge in [-0.1, -0.05) is 11.1 Å². The molecule has 1 amide bonds. The molecular weight excluding hydrogens is 264 g/mol. The standard InChI is InChI=1S/C16H26N4O/c1-11-5-6-14(7-12(11)2)13(3)19-15-8-18-20(9-15)10-16(21)17-4/h8-9,13-14,19H,5-7,10H2,1-4H3,(H,17,21)/t13-,14-/m1/s1. The maximum atomic E-state index is 11.3. The third-order valence-electron chi connectivity index (χ3n) is 4.51. The molecule has 0 radical (unpaired) electrons. The predicted molar refractivity (Wildman–Crippen MR) is 85.1 cm³/mol. The first-order valence-corrected chi connectivity index (χ1v) is 7.64. The van der Waals surface area contributed by atoms with Crippen molar-refractivity contribution in [2.24, 2.45) is 5.92 Å². The van der Waals surface area contributed by atoms with Crippen molar-refractivity contribution >= 4 is 11.6 Å². The molecule has 0 aromatic carbocycles. The lowest BCUT2D eigenvalue weighted by atomic mass is 9.81. The summed E-state index contributed by atoms with van der Waals surface area (Å²) in [6, 6.07) is 0.408. The van der Waals surface area contributed by atoms with Gasteiger partial charge in [-0.2, -0.15) is 5.10 Å². The highest BCUT2D eigenvalue weighted by atomic mass is 16.1. The molecule has 1 heterocycles. The largest absolute Gasteiger partial charge is 0.380 e. The Balaban J connectivity index is 1.91. The molecule has 116 valence electrons. The van der Waals surface area contributed by atoms with Crippen LogP contribution in [0.2, 0.25) is 0 Å². The lowest BCUT2D eigenvalue weighted by molar-refractivity contribution is -0.121. The van der Waals surface area contributed by atoms with Crippen LogP contribution in [-0.4, -0.2) is 28.8 Å². The third kappa shape index (κ3) is 4.09. The van der Waals surface area contributed by atoms with Gasteiger partial charge in [0.2, 0.25) is 5.91 Å². The van der Waals surface area contributed by atoms with Crippen LogP contribution in [-0.2, 0) is 11.3 Å². The maximum Gasteiger partial charge on any atom is 0.241 e. The van der Waals surface area contributed by atoms with Crippen molar-refractivity contribution < 1.29 is 4.79 Å². The zero-order valence-electron chi connectivity index (χ0n) is 13.4. The Hall–Kier alpha value is -1.78. The highest BCUT2D eigenvalue weighted by Gasteiger charge is 2.22. The highest BCUT2D eigenvalue weighted by Crippen LogP contribution is 2.31. The van der Waals surface area contributed by atoms with Gasteiger partial charge in [0, 0.05) is 19.3 Å². The molecule has 1 aliphatic rings. The molecular formula is C16H26N4O. The van der Waals surface area contributed by atoms with E-state index < -0.39 is 0 Å². The molecule has 1 aliphatic carbocycles. The number of hydrogen-bond acceptors (Lipinski definition) is 3. The summed E-state index contributed by atoms with van der Waals surface area (Å²) < 4.78 is 1.66. The first-order valence-electron chi connectivity index (χ1n) is 7.64. The Labute approximate surface area is 126 Å². The average Bonchev–Trinajstić information content (AvgIpc) is 2.88. The summed E-state index contributed by atoms with van der Waals surface area (Å²) in [5.41, 5.74) is 4.07. The molecule has 0 bridgehead atoms. The van der Waals surface area contributed by atoms with Crippen LogP contribution in [0.4, 0.5) is 5.69 Å². The van der Waals surface area contributed by atoms with Crippen LogP contribution in [0.25, 0.3) is 0 Å². The molecule has 0 fully saturated rings. The second-order valence-electron chi connectivity index (χ2n) is 6.10. The van der Waals surface area contributed by atoms with E-state index in [0.29, 0.717) is 12.0 Å². The molecule has 0 unspecified atom stereocenters. The molecule has 2 rings (SSSR count). The van der Waals surface area contributed by atoms with Crippen molar-refractivity contribution in [2.75, 3.05) is 12.4 Å². The molecule has 0 saturated carbocycles. The number of likely N-dealkylation sites (N-methyl/N-ethyl adjacent to an activating group) is 1. The number of rotatable bonds is 5. The minimum atomic E-state index is -0.0405. The molecule has 0 aliphatic heterocycles. The second kappa shape index (κ2) is 6.78. The van der Waals surface area contributed by atoms with E-state index in [0.717, 1.165) is 5.69 Å². The van der Waals surface area contributed by atoms with Gasteiger partial charge in [0.1, 0.15) is 6.54 Å². The fourth-order valence-electron chi connectivity index (χ4n) is 2.84. The molecule has 0 spiro atoms. The van der Waals surface area contributed by atoms with Gasteiger partial charge in [0.25, 0.3) is 0 Å². The van der Waals surface area contributed by atoms with Crippen LogP contribution in [0.3, 0.4) is 0 Å². The first kappa shape index (κ1) is 15.6. The van der Waals surface area contributed by atoms with Gasteiger partial charge >= 0.3 is 0 Å². The van der Waals surface area contributed by atoms with Gasteiger partial charge in [-0.3, -0.25) is 9.48 Å². The Kier molecular flexibility index (Phi) is 5.04. The molecule has 0 saturated heterocycles. The Morgan fingerprint density at radius 1 is 1.48 bits per heavy atom. The van der Waals surface area contributed by atoms with E-state index in [2.05, 4.69) is 36.5 Å². The smallest absolute Gasteiger partial charge is 0.241 e. The van der Waals surface area contributed by atoms with E-state index in [-0.39, 0.29) is 12.5 Å².